The summed E-state index contributed by atoms with van der Waals surface area (Å²) in [6.45, 7) is 15.2. The van der Waals surface area contributed by atoms with Gasteiger partial charge in [0, 0.05) is 17.7 Å². The Morgan fingerprint density at radius 2 is 1.81 bits per heavy atom. The lowest BCUT2D eigenvalue weighted by Gasteiger charge is -2.31. The number of carbonyl (C=O) groups is 2. The fourth-order valence-corrected chi connectivity index (χ4v) is 4.19. The van der Waals surface area contributed by atoms with E-state index in [0.717, 1.165) is 31.2 Å². The van der Waals surface area contributed by atoms with Gasteiger partial charge in [-0.15, -0.1) is 0 Å². The van der Waals surface area contributed by atoms with Crippen LogP contribution in [0, 0.1) is 0 Å². The van der Waals surface area contributed by atoms with E-state index < -0.39 is 6.10 Å². The number of amides is 2. The number of hydrogen-bond acceptors (Lipinski definition) is 5. The highest BCUT2D eigenvalue weighted by atomic mass is 16.5. The Bertz CT molecular complexity index is 1140. The van der Waals surface area contributed by atoms with Crippen LogP contribution >= 0.6 is 0 Å². The lowest BCUT2D eigenvalue weighted by Crippen LogP contribution is -2.34. The predicted molar refractivity (Wildman–Crippen MR) is 148 cm³/mol. The number of ether oxygens (including phenoxy) is 2. The van der Waals surface area contributed by atoms with Crippen LogP contribution in [0.4, 0.5) is 11.4 Å². The van der Waals surface area contributed by atoms with Gasteiger partial charge in [-0.25, -0.2) is 0 Å². The molecule has 3 N–H and O–H groups in total. The third-order valence-electron chi connectivity index (χ3n) is 7.63. The van der Waals surface area contributed by atoms with E-state index in [2.05, 4.69) is 71.2 Å². The van der Waals surface area contributed by atoms with Crippen molar-refractivity contribution in [3.05, 3.63) is 41.5 Å². The first kappa shape index (κ1) is 28.4. The number of aromatic hydroxyl groups is 1. The molecule has 2 aromatic carbocycles. The van der Waals surface area contributed by atoms with Crippen LogP contribution in [-0.4, -0.2) is 29.6 Å². The van der Waals surface area contributed by atoms with Crippen molar-refractivity contribution in [3.63, 3.8) is 0 Å². The zero-order valence-corrected chi connectivity index (χ0v) is 23.3. The summed E-state index contributed by atoms with van der Waals surface area (Å²) >= 11 is 0. The number of carbonyl (C=O) groups excluding carboxylic acids is 2. The van der Waals surface area contributed by atoms with E-state index in [4.69, 9.17) is 9.47 Å². The van der Waals surface area contributed by atoms with Crippen molar-refractivity contribution in [1.29, 1.82) is 0 Å². The first-order valence-corrected chi connectivity index (χ1v) is 13.3. The molecular formula is C30H42N2O5. The van der Waals surface area contributed by atoms with Gasteiger partial charge in [-0.3, -0.25) is 9.59 Å². The predicted octanol–water partition coefficient (Wildman–Crippen LogP) is 6.67. The van der Waals surface area contributed by atoms with Crippen LogP contribution < -0.4 is 20.1 Å². The van der Waals surface area contributed by atoms with Crippen molar-refractivity contribution in [2.45, 2.75) is 97.5 Å². The number of rotatable bonds is 11. The summed E-state index contributed by atoms with van der Waals surface area (Å²) in [5.74, 6) is 0.294. The normalized spacial score (nSPS) is 14.3. The molecule has 3 rings (SSSR count). The first-order valence-electron chi connectivity index (χ1n) is 13.3. The molecule has 0 spiro atoms. The molecule has 1 aliphatic rings. The number of hydrogen-bond donors (Lipinski definition) is 3. The van der Waals surface area contributed by atoms with Crippen molar-refractivity contribution >= 4 is 23.2 Å². The molecule has 0 aromatic heterocycles. The number of phenols is 1. The molecule has 7 heteroatoms. The van der Waals surface area contributed by atoms with Crippen LogP contribution in [-0.2, 0) is 20.4 Å². The van der Waals surface area contributed by atoms with Crippen LogP contribution in [0.25, 0.3) is 0 Å². The summed E-state index contributed by atoms with van der Waals surface area (Å²) in [6, 6.07) is 9.23. The molecule has 0 radical (unpaired) electrons. The van der Waals surface area contributed by atoms with Gasteiger partial charge in [0.2, 0.25) is 0 Å². The van der Waals surface area contributed by atoms with Gasteiger partial charge in [-0.1, -0.05) is 67.0 Å². The van der Waals surface area contributed by atoms with E-state index in [0.29, 0.717) is 23.6 Å². The highest BCUT2D eigenvalue weighted by Crippen LogP contribution is 2.40. The number of unbranched alkanes of at least 4 members (excludes halogenated alkanes) is 1. The van der Waals surface area contributed by atoms with Crippen molar-refractivity contribution in [3.8, 4) is 17.2 Å². The van der Waals surface area contributed by atoms with Gasteiger partial charge in [0.05, 0.1) is 11.4 Å². The molecule has 7 nitrogen and oxygen atoms in total. The Balaban J connectivity index is 1.92. The van der Waals surface area contributed by atoms with Gasteiger partial charge in [0.15, 0.2) is 12.7 Å². The molecule has 2 amide bonds. The average molecular weight is 511 g/mol. The minimum atomic E-state index is -0.743. The van der Waals surface area contributed by atoms with Crippen LogP contribution in [0.3, 0.4) is 0 Å². The van der Waals surface area contributed by atoms with Gasteiger partial charge in [-0.2, -0.15) is 0 Å². The molecule has 0 saturated carbocycles. The van der Waals surface area contributed by atoms with E-state index in [1.807, 2.05) is 6.07 Å². The summed E-state index contributed by atoms with van der Waals surface area (Å²) in [6.07, 6.45) is 3.46. The Hall–Kier alpha value is -3.22. The molecule has 0 bridgehead atoms. The fraction of sp³-hybridized carbons (Fsp3) is 0.533. The molecule has 2 aromatic rings. The Morgan fingerprint density at radius 1 is 1.11 bits per heavy atom. The summed E-state index contributed by atoms with van der Waals surface area (Å²) in [5, 5.41) is 16.0. The smallest absolute Gasteiger partial charge is 0.265 e. The monoisotopic (exact) mass is 510 g/mol. The van der Waals surface area contributed by atoms with Crippen molar-refractivity contribution < 1.29 is 24.2 Å². The van der Waals surface area contributed by atoms with Gasteiger partial charge < -0.3 is 25.2 Å². The molecule has 0 saturated heterocycles. The quantitative estimate of drug-likeness (QED) is 0.293. The zero-order valence-electron chi connectivity index (χ0n) is 23.3. The molecule has 0 aliphatic carbocycles. The first-order chi connectivity index (χ1) is 17.4. The molecule has 1 heterocycles. The minimum Gasteiger partial charge on any atom is -0.506 e. The van der Waals surface area contributed by atoms with E-state index in [1.165, 1.54) is 17.7 Å². The van der Waals surface area contributed by atoms with Crippen molar-refractivity contribution in [2.75, 3.05) is 17.2 Å². The van der Waals surface area contributed by atoms with Gasteiger partial charge in [0.25, 0.3) is 11.8 Å². The van der Waals surface area contributed by atoms with Gasteiger partial charge in [-0.05, 0) is 48.1 Å². The average Bonchev–Trinajstić information content (AvgIpc) is 2.86. The molecule has 1 atom stereocenters. The largest absolute Gasteiger partial charge is 0.506 e. The lowest BCUT2D eigenvalue weighted by molar-refractivity contribution is -0.123. The number of benzene rings is 2. The van der Waals surface area contributed by atoms with E-state index in [-0.39, 0.29) is 40.7 Å². The highest BCUT2D eigenvalue weighted by molar-refractivity contribution is 5.99. The molecule has 202 valence electrons. The van der Waals surface area contributed by atoms with Gasteiger partial charge in [0.1, 0.15) is 17.2 Å². The Kier molecular flexibility index (Phi) is 8.77. The third-order valence-corrected chi connectivity index (χ3v) is 7.63. The van der Waals surface area contributed by atoms with Crippen LogP contribution in [0.15, 0.2) is 30.3 Å². The molecule has 1 aliphatic heterocycles. The summed E-state index contributed by atoms with van der Waals surface area (Å²) in [7, 11) is 0. The minimum absolute atomic E-state index is 0.0294. The van der Waals surface area contributed by atoms with Gasteiger partial charge >= 0.3 is 0 Å². The zero-order chi connectivity index (χ0) is 27.4. The summed E-state index contributed by atoms with van der Waals surface area (Å²) in [5.41, 5.74) is 2.80. The maximum absolute atomic E-state index is 13.4. The summed E-state index contributed by atoms with van der Waals surface area (Å²) in [4.78, 5) is 25.0. The maximum Gasteiger partial charge on any atom is 0.265 e. The van der Waals surface area contributed by atoms with Crippen LogP contribution in [0.2, 0.25) is 0 Å². The second kappa shape index (κ2) is 11.4. The Morgan fingerprint density at radius 3 is 2.46 bits per heavy atom. The topological polar surface area (TPSA) is 96.9 Å². The number of anilines is 2. The highest BCUT2D eigenvalue weighted by Gasteiger charge is 2.30. The summed E-state index contributed by atoms with van der Waals surface area (Å²) < 4.78 is 11.9. The molecule has 0 fully saturated rings. The Labute approximate surface area is 220 Å². The third kappa shape index (κ3) is 6.56. The van der Waals surface area contributed by atoms with E-state index in [9.17, 15) is 14.7 Å². The van der Waals surface area contributed by atoms with E-state index in [1.54, 1.807) is 0 Å². The van der Waals surface area contributed by atoms with Crippen molar-refractivity contribution in [1.82, 2.24) is 0 Å². The SMILES string of the molecule is CCCCC(Oc1ccc(C(C)(C)CC)cc1C(C)(C)CC)C(=O)Nc1cc2c(cc1O)NC(=O)CO2. The standard InChI is InChI=1S/C30H42N2O5/c1-8-11-12-25(28(35)32-21-17-26-22(16-23(21)33)31-27(34)18-36-26)37-24-14-13-19(29(4,5)9-2)15-20(24)30(6,7)10-3/h13-17,25,33H,8-12,18H2,1-7H3,(H,31,34)(H,32,35). The van der Waals surface area contributed by atoms with Crippen LogP contribution in [0.1, 0.15) is 91.7 Å². The number of fused-ring (bicyclic) bond motifs is 1. The maximum atomic E-state index is 13.4. The second-order valence-electron chi connectivity index (χ2n) is 11.1. The molecule has 1 unspecified atom stereocenters. The van der Waals surface area contributed by atoms with Crippen LogP contribution in [0.5, 0.6) is 17.2 Å². The second-order valence-corrected chi connectivity index (χ2v) is 11.1. The molecular weight excluding hydrogens is 468 g/mol. The van der Waals surface area contributed by atoms with E-state index >= 15 is 0 Å². The fourth-order valence-electron chi connectivity index (χ4n) is 4.19. The van der Waals surface area contributed by atoms with Crippen molar-refractivity contribution in [2.24, 2.45) is 0 Å². The number of phenolic OH excluding ortho intramolecular Hbond substituents is 1. The lowest BCUT2D eigenvalue weighted by atomic mass is 9.76. The number of nitrogens with one attached hydrogen (secondary N) is 2. The molecule has 37 heavy (non-hydrogen) atoms.